The number of hydrogen-bond donors (Lipinski definition) is 3. The number of benzene rings is 2. The van der Waals surface area contributed by atoms with Gasteiger partial charge >= 0.3 is 0 Å². The van der Waals surface area contributed by atoms with E-state index in [1.807, 2.05) is 24.3 Å². The van der Waals surface area contributed by atoms with Crippen LogP contribution >= 0.6 is 24.0 Å². The molecule has 6 heteroatoms. The van der Waals surface area contributed by atoms with Crippen LogP contribution in [0.2, 0.25) is 0 Å². The number of amides is 1. The fourth-order valence-corrected chi connectivity index (χ4v) is 3.55. The number of carbonyl (C=O) groups is 1. The van der Waals surface area contributed by atoms with Crippen molar-refractivity contribution in [3.8, 4) is 0 Å². The Morgan fingerprint density at radius 1 is 1.11 bits per heavy atom. The largest absolute Gasteiger partial charge is 0.331 e. The van der Waals surface area contributed by atoms with Crippen molar-refractivity contribution in [1.82, 2.24) is 10.9 Å². The standard InChI is InChI=1S/C21H27N3OS2/c1-4-15(2)17-9-11-19(12-10-17)22-21(26)24-23-20(25)14-27-13-18-8-6-5-7-16(18)3/h5-12,15H,4,13-14H2,1-3H3,(H,23,25)(H2,22,24,26)/t15-/m1/s1. The molecule has 0 bridgehead atoms. The first-order chi connectivity index (χ1) is 13.0. The van der Waals surface area contributed by atoms with Crippen LogP contribution in [0.5, 0.6) is 0 Å². The molecule has 27 heavy (non-hydrogen) atoms. The van der Waals surface area contributed by atoms with Gasteiger partial charge in [-0.05, 0) is 60.3 Å². The average molecular weight is 402 g/mol. The average Bonchev–Trinajstić information content (AvgIpc) is 2.68. The summed E-state index contributed by atoms with van der Waals surface area (Å²) in [6.07, 6.45) is 1.11. The summed E-state index contributed by atoms with van der Waals surface area (Å²) >= 11 is 6.80. The van der Waals surface area contributed by atoms with E-state index < -0.39 is 0 Å². The Kier molecular flexibility index (Phi) is 8.61. The highest BCUT2D eigenvalue weighted by molar-refractivity contribution is 7.99. The lowest BCUT2D eigenvalue weighted by Crippen LogP contribution is -2.44. The van der Waals surface area contributed by atoms with Crippen LogP contribution < -0.4 is 16.2 Å². The lowest BCUT2D eigenvalue weighted by molar-refractivity contribution is -0.119. The molecule has 144 valence electrons. The summed E-state index contributed by atoms with van der Waals surface area (Å²) in [5.41, 5.74) is 10.1. The van der Waals surface area contributed by atoms with Crippen LogP contribution in [-0.2, 0) is 10.5 Å². The summed E-state index contributed by atoms with van der Waals surface area (Å²) in [6, 6.07) is 16.4. The molecule has 0 radical (unpaired) electrons. The van der Waals surface area contributed by atoms with E-state index in [1.54, 1.807) is 11.8 Å². The minimum Gasteiger partial charge on any atom is -0.331 e. The smallest absolute Gasteiger partial charge is 0.248 e. The Hall–Kier alpha value is -2.05. The summed E-state index contributed by atoms with van der Waals surface area (Å²) in [7, 11) is 0. The second-order valence-corrected chi connectivity index (χ2v) is 7.87. The van der Waals surface area contributed by atoms with Crippen LogP contribution in [0.4, 0.5) is 5.69 Å². The molecule has 1 amide bonds. The number of rotatable bonds is 7. The summed E-state index contributed by atoms with van der Waals surface area (Å²) in [6.45, 7) is 6.47. The Balaban J connectivity index is 1.68. The molecule has 0 heterocycles. The molecule has 0 fully saturated rings. The number of nitrogens with one attached hydrogen (secondary N) is 3. The van der Waals surface area contributed by atoms with Crippen LogP contribution in [0.3, 0.4) is 0 Å². The first-order valence-electron chi connectivity index (χ1n) is 9.07. The van der Waals surface area contributed by atoms with Crippen LogP contribution in [0.15, 0.2) is 48.5 Å². The maximum Gasteiger partial charge on any atom is 0.248 e. The molecular weight excluding hydrogens is 374 g/mol. The molecule has 2 aromatic rings. The lowest BCUT2D eigenvalue weighted by atomic mass is 9.99. The quantitative estimate of drug-likeness (QED) is 0.461. The number of anilines is 1. The number of thiocarbonyl (C=S) groups is 1. The van der Waals surface area contributed by atoms with Crippen LogP contribution in [0.1, 0.15) is 42.9 Å². The Morgan fingerprint density at radius 3 is 2.48 bits per heavy atom. The van der Waals surface area contributed by atoms with Gasteiger partial charge in [-0.25, -0.2) is 0 Å². The highest BCUT2D eigenvalue weighted by Gasteiger charge is 2.05. The van der Waals surface area contributed by atoms with Crippen molar-refractivity contribution in [3.05, 3.63) is 65.2 Å². The third kappa shape index (κ3) is 7.23. The van der Waals surface area contributed by atoms with Crippen LogP contribution in [0.25, 0.3) is 0 Å². The van der Waals surface area contributed by atoms with Gasteiger partial charge < -0.3 is 5.32 Å². The van der Waals surface area contributed by atoms with E-state index in [4.69, 9.17) is 12.2 Å². The van der Waals surface area contributed by atoms with Gasteiger partial charge in [0, 0.05) is 11.4 Å². The zero-order valence-electron chi connectivity index (χ0n) is 16.0. The SMILES string of the molecule is CC[C@@H](C)c1ccc(NC(=S)NNC(=O)CSCc2ccccc2C)cc1. The Labute approximate surface area is 171 Å². The predicted octanol–water partition coefficient (Wildman–Crippen LogP) is 4.76. The number of carbonyl (C=O) groups excluding carboxylic acids is 1. The van der Waals surface area contributed by atoms with Crippen LogP contribution in [0, 0.1) is 6.92 Å². The minimum absolute atomic E-state index is 0.107. The topological polar surface area (TPSA) is 53.2 Å². The number of hydrogen-bond acceptors (Lipinski definition) is 3. The molecule has 0 aromatic heterocycles. The molecule has 0 unspecified atom stereocenters. The number of hydrazine groups is 1. The van der Waals surface area contributed by atoms with Crippen molar-refractivity contribution in [2.75, 3.05) is 11.1 Å². The van der Waals surface area contributed by atoms with Gasteiger partial charge in [-0.15, -0.1) is 11.8 Å². The van der Waals surface area contributed by atoms with Crippen molar-refractivity contribution >= 4 is 40.7 Å². The third-order valence-electron chi connectivity index (χ3n) is 4.42. The van der Waals surface area contributed by atoms with E-state index >= 15 is 0 Å². The molecular formula is C21H27N3OS2. The molecule has 3 N–H and O–H groups in total. The zero-order valence-corrected chi connectivity index (χ0v) is 17.7. The van der Waals surface area contributed by atoms with Gasteiger partial charge in [0.1, 0.15) is 0 Å². The summed E-state index contributed by atoms with van der Waals surface area (Å²) in [5.74, 6) is 1.62. The zero-order chi connectivity index (χ0) is 19.6. The summed E-state index contributed by atoms with van der Waals surface area (Å²) < 4.78 is 0. The lowest BCUT2D eigenvalue weighted by Gasteiger charge is -2.13. The summed E-state index contributed by atoms with van der Waals surface area (Å²) in [5, 5.41) is 3.43. The fraction of sp³-hybridized carbons (Fsp3) is 0.333. The number of thioether (sulfide) groups is 1. The van der Waals surface area contributed by atoms with Gasteiger partial charge in [-0.3, -0.25) is 15.6 Å². The van der Waals surface area contributed by atoms with Gasteiger partial charge in [0.2, 0.25) is 5.91 Å². The number of aryl methyl sites for hydroxylation is 1. The van der Waals surface area contributed by atoms with Gasteiger partial charge in [-0.1, -0.05) is 50.2 Å². The molecule has 0 aliphatic carbocycles. The molecule has 0 aliphatic heterocycles. The van der Waals surface area contributed by atoms with E-state index in [0.29, 0.717) is 16.8 Å². The normalized spacial score (nSPS) is 11.5. The first-order valence-corrected chi connectivity index (χ1v) is 10.6. The molecule has 1 atom stereocenters. The predicted molar refractivity (Wildman–Crippen MR) is 120 cm³/mol. The highest BCUT2D eigenvalue weighted by Crippen LogP contribution is 2.20. The molecule has 0 spiro atoms. The van der Waals surface area contributed by atoms with Crippen molar-refractivity contribution in [2.24, 2.45) is 0 Å². The minimum atomic E-state index is -0.107. The monoisotopic (exact) mass is 401 g/mol. The molecule has 0 aliphatic rings. The van der Waals surface area contributed by atoms with Gasteiger partial charge in [0.15, 0.2) is 5.11 Å². The fourth-order valence-electron chi connectivity index (χ4n) is 2.48. The molecule has 0 saturated heterocycles. The van der Waals surface area contributed by atoms with E-state index in [0.717, 1.165) is 17.9 Å². The van der Waals surface area contributed by atoms with Crippen LogP contribution in [-0.4, -0.2) is 16.8 Å². The van der Waals surface area contributed by atoms with Gasteiger partial charge in [0.05, 0.1) is 5.75 Å². The van der Waals surface area contributed by atoms with Crippen molar-refractivity contribution in [1.29, 1.82) is 0 Å². The van der Waals surface area contributed by atoms with Gasteiger partial charge in [0.25, 0.3) is 0 Å². The Morgan fingerprint density at radius 2 is 1.81 bits per heavy atom. The molecule has 0 saturated carbocycles. The maximum atomic E-state index is 11.9. The van der Waals surface area contributed by atoms with Crippen molar-refractivity contribution in [3.63, 3.8) is 0 Å². The molecule has 2 rings (SSSR count). The molecule has 4 nitrogen and oxygen atoms in total. The first kappa shape index (κ1) is 21.3. The van der Waals surface area contributed by atoms with Gasteiger partial charge in [-0.2, -0.15) is 0 Å². The second-order valence-electron chi connectivity index (χ2n) is 6.48. The third-order valence-corrected chi connectivity index (χ3v) is 5.60. The molecule has 2 aromatic carbocycles. The van der Waals surface area contributed by atoms with Crippen molar-refractivity contribution < 1.29 is 4.79 Å². The van der Waals surface area contributed by atoms with E-state index in [9.17, 15) is 4.79 Å². The van der Waals surface area contributed by atoms with Crippen molar-refractivity contribution in [2.45, 2.75) is 38.9 Å². The summed E-state index contributed by atoms with van der Waals surface area (Å²) in [4.78, 5) is 11.9. The van der Waals surface area contributed by atoms with E-state index in [-0.39, 0.29) is 5.91 Å². The Bertz CT molecular complexity index is 762. The van der Waals surface area contributed by atoms with E-state index in [1.165, 1.54) is 16.7 Å². The second kappa shape index (κ2) is 10.9. The van der Waals surface area contributed by atoms with E-state index in [2.05, 4.69) is 61.2 Å². The highest BCUT2D eigenvalue weighted by atomic mass is 32.2. The maximum absolute atomic E-state index is 11.9.